The molecule has 0 aliphatic carbocycles. The molecule has 2 aromatic carbocycles. The topological polar surface area (TPSA) is 89.7 Å². The number of carbonyl (C=O) groups is 1. The average Bonchev–Trinajstić information content (AvgIpc) is 3.28. The van der Waals surface area contributed by atoms with E-state index in [2.05, 4.69) is 15.5 Å². The molecule has 0 unspecified atom stereocenters. The van der Waals surface area contributed by atoms with Crippen molar-refractivity contribution < 1.29 is 18.7 Å². The first-order valence-electron chi connectivity index (χ1n) is 9.40. The maximum Gasteiger partial charge on any atom is 0.318 e. The Balaban J connectivity index is 1.60. The number of aromatic nitrogens is 2. The van der Waals surface area contributed by atoms with Crippen LogP contribution in [0.25, 0.3) is 0 Å². The van der Waals surface area contributed by atoms with Crippen LogP contribution in [-0.2, 0) is 4.74 Å². The number of anilines is 1. The highest BCUT2D eigenvalue weighted by Crippen LogP contribution is 2.25. The van der Waals surface area contributed by atoms with Crippen molar-refractivity contribution in [2.24, 2.45) is 0 Å². The van der Waals surface area contributed by atoms with Gasteiger partial charge in [-0.1, -0.05) is 41.5 Å². The summed E-state index contributed by atoms with van der Waals surface area (Å²) >= 11 is 0. The first-order chi connectivity index (χ1) is 14.2. The van der Waals surface area contributed by atoms with Crippen molar-refractivity contribution >= 4 is 11.9 Å². The normalized spacial score (nSPS) is 15.0. The van der Waals surface area contributed by atoms with Crippen molar-refractivity contribution in [3.63, 3.8) is 0 Å². The zero-order chi connectivity index (χ0) is 20.1. The molecular formula is C21H22N4O4. The Kier molecular flexibility index (Phi) is 5.71. The monoisotopic (exact) mass is 394 g/mol. The van der Waals surface area contributed by atoms with Crippen LogP contribution in [0.1, 0.15) is 27.9 Å². The number of benzene rings is 2. The van der Waals surface area contributed by atoms with Crippen LogP contribution in [0.3, 0.4) is 0 Å². The number of rotatable bonds is 6. The van der Waals surface area contributed by atoms with Crippen LogP contribution in [0.15, 0.2) is 59.0 Å². The number of methoxy groups -OCH3 is 1. The zero-order valence-electron chi connectivity index (χ0n) is 16.1. The fourth-order valence-electron chi connectivity index (χ4n) is 3.14. The summed E-state index contributed by atoms with van der Waals surface area (Å²) in [7, 11) is 1.56. The van der Waals surface area contributed by atoms with E-state index in [-0.39, 0.29) is 5.91 Å². The summed E-state index contributed by atoms with van der Waals surface area (Å²) in [4.78, 5) is 14.9. The maximum absolute atomic E-state index is 12.9. The molecule has 1 aromatic heterocycles. The zero-order valence-corrected chi connectivity index (χ0v) is 16.1. The molecule has 0 radical (unpaired) electrons. The van der Waals surface area contributed by atoms with Crippen LogP contribution in [-0.4, -0.2) is 49.5 Å². The smallest absolute Gasteiger partial charge is 0.318 e. The van der Waals surface area contributed by atoms with Crippen molar-refractivity contribution in [2.75, 3.05) is 38.3 Å². The summed E-state index contributed by atoms with van der Waals surface area (Å²) in [5, 5.41) is 11.4. The molecule has 0 saturated carbocycles. The van der Waals surface area contributed by atoms with Gasteiger partial charge in [0, 0.05) is 18.7 Å². The summed E-state index contributed by atoms with van der Waals surface area (Å²) in [5.74, 6) is 0.680. The molecule has 0 spiro atoms. The van der Waals surface area contributed by atoms with E-state index < -0.39 is 6.04 Å². The average molecular weight is 394 g/mol. The van der Waals surface area contributed by atoms with E-state index in [1.807, 2.05) is 35.2 Å². The van der Waals surface area contributed by atoms with Gasteiger partial charge in [0.25, 0.3) is 5.91 Å². The molecule has 1 amide bonds. The van der Waals surface area contributed by atoms with Gasteiger partial charge in [-0.3, -0.25) is 4.79 Å². The summed E-state index contributed by atoms with van der Waals surface area (Å²) < 4.78 is 16.5. The molecule has 8 nitrogen and oxygen atoms in total. The number of amides is 1. The molecule has 1 saturated heterocycles. The fourth-order valence-corrected chi connectivity index (χ4v) is 3.14. The molecule has 1 fully saturated rings. The van der Waals surface area contributed by atoms with Gasteiger partial charge >= 0.3 is 6.01 Å². The maximum atomic E-state index is 12.9. The molecule has 1 aliphatic rings. The number of hydrogen-bond donors (Lipinski definition) is 1. The highest BCUT2D eigenvalue weighted by Gasteiger charge is 2.25. The molecule has 2 heterocycles. The van der Waals surface area contributed by atoms with E-state index in [1.165, 1.54) is 0 Å². The van der Waals surface area contributed by atoms with Gasteiger partial charge < -0.3 is 24.1 Å². The second-order valence-electron chi connectivity index (χ2n) is 6.57. The van der Waals surface area contributed by atoms with Crippen LogP contribution >= 0.6 is 0 Å². The standard InChI is InChI=1S/C21H22N4O4/c1-27-17-9-5-8-16(14-17)19(26)22-18(15-6-3-2-4-7-15)20-23-24-21(29-20)25-10-12-28-13-11-25/h2-9,14,18H,10-13H2,1H3,(H,22,26)/t18-/m1/s1. The molecule has 4 rings (SSSR count). The van der Waals surface area contributed by atoms with E-state index in [0.29, 0.717) is 49.5 Å². The molecule has 8 heteroatoms. The third-order valence-corrected chi connectivity index (χ3v) is 4.70. The van der Waals surface area contributed by atoms with Gasteiger partial charge in [-0.2, -0.15) is 0 Å². The van der Waals surface area contributed by atoms with Crippen molar-refractivity contribution in [2.45, 2.75) is 6.04 Å². The van der Waals surface area contributed by atoms with Crippen LogP contribution in [0.4, 0.5) is 6.01 Å². The molecule has 0 bridgehead atoms. The van der Waals surface area contributed by atoms with Crippen LogP contribution in [0.2, 0.25) is 0 Å². The van der Waals surface area contributed by atoms with Gasteiger partial charge in [0.15, 0.2) is 0 Å². The number of ether oxygens (including phenoxy) is 2. The lowest BCUT2D eigenvalue weighted by Gasteiger charge is -2.24. The van der Waals surface area contributed by atoms with Gasteiger partial charge in [-0.05, 0) is 23.8 Å². The molecule has 1 atom stereocenters. The Morgan fingerprint density at radius 3 is 2.66 bits per heavy atom. The second-order valence-corrected chi connectivity index (χ2v) is 6.57. The summed E-state index contributed by atoms with van der Waals surface area (Å²) in [5.41, 5.74) is 1.33. The van der Waals surface area contributed by atoms with E-state index in [9.17, 15) is 4.79 Å². The van der Waals surface area contributed by atoms with Crippen molar-refractivity contribution in [1.82, 2.24) is 15.5 Å². The molecule has 29 heavy (non-hydrogen) atoms. The lowest BCUT2D eigenvalue weighted by Crippen LogP contribution is -2.36. The Morgan fingerprint density at radius 2 is 1.90 bits per heavy atom. The number of hydrogen-bond acceptors (Lipinski definition) is 7. The molecule has 1 N–H and O–H groups in total. The van der Waals surface area contributed by atoms with E-state index >= 15 is 0 Å². The quantitative estimate of drug-likeness (QED) is 0.687. The summed E-state index contributed by atoms with van der Waals surface area (Å²) in [6, 6.07) is 16.4. The molecule has 150 valence electrons. The van der Waals surface area contributed by atoms with Crippen LogP contribution in [0.5, 0.6) is 5.75 Å². The Hall–Kier alpha value is -3.39. The van der Waals surface area contributed by atoms with E-state index in [4.69, 9.17) is 13.9 Å². The third kappa shape index (κ3) is 4.38. The summed E-state index contributed by atoms with van der Waals surface area (Å²) in [6.07, 6.45) is 0. The number of carbonyl (C=O) groups excluding carboxylic acids is 1. The lowest BCUT2D eigenvalue weighted by atomic mass is 10.1. The van der Waals surface area contributed by atoms with E-state index in [0.717, 1.165) is 5.56 Å². The third-order valence-electron chi connectivity index (χ3n) is 4.70. The van der Waals surface area contributed by atoms with E-state index in [1.54, 1.807) is 31.4 Å². The Labute approximate surface area is 168 Å². The number of nitrogens with zero attached hydrogens (tertiary/aromatic N) is 3. The highest BCUT2D eigenvalue weighted by atomic mass is 16.5. The van der Waals surface area contributed by atoms with Crippen molar-refractivity contribution in [3.8, 4) is 5.75 Å². The fraction of sp³-hybridized carbons (Fsp3) is 0.286. The van der Waals surface area contributed by atoms with Crippen LogP contribution < -0.4 is 15.0 Å². The largest absolute Gasteiger partial charge is 0.497 e. The number of nitrogens with one attached hydrogen (secondary N) is 1. The van der Waals surface area contributed by atoms with Gasteiger partial charge in [0.05, 0.1) is 20.3 Å². The predicted molar refractivity (Wildman–Crippen MR) is 106 cm³/mol. The van der Waals surface area contributed by atoms with Gasteiger partial charge in [-0.15, -0.1) is 5.10 Å². The Morgan fingerprint density at radius 1 is 1.10 bits per heavy atom. The first-order valence-corrected chi connectivity index (χ1v) is 9.40. The number of morpholine rings is 1. The molecular weight excluding hydrogens is 372 g/mol. The Bertz CT molecular complexity index is 954. The SMILES string of the molecule is COc1cccc(C(=O)N[C@H](c2ccccc2)c2nnc(N3CCOCC3)o2)c1. The van der Waals surface area contributed by atoms with Gasteiger partial charge in [0.1, 0.15) is 11.8 Å². The minimum absolute atomic E-state index is 0.260. The minimum atomic E-state index is -0.572. The second kappa shape index (κ2) is 8.74. The minimum Gasteiger partial charge on any atom is -0.497 e. The van der Waals surface area contributed by atoms with Crippen molar-refractivity contribution in [1.29, 1.82) is 0 Å². The van der Waals surface area contributed by atoms with Gasteiger partial charge in [0.2, 0.25) is 5.89 Å². The molecule has 3 aromatic rings. The summed E-state index contributed by atoms with van der Waals surface area (Å²) in [6.45, 7) is 2.61. The predicted octanol–water partition coefficient (Wildman–Crippen LogP) is 2.43. The molecule has 1 aliphatic heterocycles. The van der Waals surface area contributed by atoms with Crippen molar-refractivity contribution in [3.05, 3.63) is 71.6 Å². The highest BCUT2D eigenvalue weighted by molar-refractivity contribution is 5.95. The lowest BCUT2D eigenvalue weighted by molar-refractivity contribution is 0.0937. The van der Waals surface area contributed by atoms with Crippen LogP contribution in [0, 0.1) is 0 Å². The van der Waals surface area contributed by atoms with Gasteiger partial charge in [-0.25, -0.2) is 0 Å². The first kappa shape index (κ1) is 18.9.